The summed E-state index contributed by atoms with van der Waals surface area (Å²) in [5.74, 6) is 0.954. The molecule has 1 amide bonds. The van der Waals surface area contributed by atoms with Gasteiger partial charge in [0.15, 0.2) is 5.96 Å². The number of hydrogen-bond donors (Lipinski definition) is 2. The maximum Gasteiger partial charge on any atom is 0.410 e. The fraction of sp³-hybridized carbons (Fsp3) is 0.545. The van der Waals surface area contributed by atoms with E-state index in [1.165, 1.54) is 22.0 Å². The largest absolute Gasteiger partial charge is 0.444 e. The van der Waals surface area contributed by atoms with Crippen LogP contribution in [-0.4, -0.2) is 71.2 Å². The van der Waals surface area contributed by atoms with Crippen molar-refractivity contribution in [3.05, 3.63) is 35.5 Å². The number of halogens is 1. The highest BCUT2D eigenvalue weighted by atomic mass is 127. The highest BCUT2D eigenvalue weighted by molar-refractivity contribution is 14.0. The number of rotatable bonds is 3. The van der Waals surface area contributed by atoms with E-state index >= 15 is 0 Å². The SMILES string of the molecule is Cc1cccc2c(CCNC3=NCC4CN(C(=O)OC(C)(C)C)CCN34)c[nH]c12.I. The number of carbonyl (C=O) groups excluding carboxylic acids is 1. The van der Waals surface area contributed by atoms with Crippen LogP contribution in [0.2, 0.25) is 0 Å². The van der Waals surface area contributed by atoms with Crippen LogP contribution in [0, 0.1) is 6.92 Å². The number of fused-ring (bicyclic) bond motifs is 2. The van der Waals surface area contributed by atoms with Crippen LogP contribution in [-0.2, 0) is 11.2 Å². The maximum absolute atomic E-state index is 12.3. The third-order valence-electron chi connectivity index (χ3n) is 5.55. The van der Waals surface area contributed by atoms with Crippen LogP contribution < -0.4 is 5.32 Å². The van der Waals surface area contributed by atoms with E-state index in [0.717, 1.165) is 25.5 Å². The Balaban J connectivity index is 0.00000256. The quantitative estimate of drug-likeness (QED) is 0.602. The first kappa shape index (κ1) is 22.7. The molecule has 0 bridgehead atoms. The molecule has 2 aliphatic heterocycles. The van der Waals surface area contributed by atoms with Crippen LogP contribution in [0.5, 0.6) is 0 Å². The molecule has 8 heteroatoms. The van der Waals surface area contributed by atoms with Gasteiger partial charge >= 0.3 is 6.09 Å². The zero-order chi connectivity index (χ0) is 20.6. The van der Waals surface area contributed by atoms with Gasteiger partial charge in [-0.3, -0.25) is 4.99 Å². The lowest BCUT2D eigenvalue weighted by Crippen LogP contribution is -2.57. The number of H-pyrrole nitrogens is 1. The van der Waals surface area contributed by atoms with Gasteiger partial charge in [-0.15, -0.1) is 24.0 Å². The van der Waals surface area contributed by atoms with Crippen molar-refractivity contribution in [1.29, 1.82) is 0 Å². The van der Waals surface area contributed by atoms with Crippen molar-refractivity contribution in [3.63, 3.8) is 0 Å². The molecule has 0 saturated carbocycles. The molecule has 3 heterocycles. The molecule has 1 unspecified atom stereocenters. The molecule has 30 heavy (non-hydrogen) atoms. The molecule has 2 aliphatic rings. The van der Waals surface area contributed by atoms with Crippen molar-refractivity contribution in [2.24, 2.45) is 4.99 Å². The van der Waals surface area contributed by atoms with E-state index in [2.05, 4.69) is 51.5 Å². The molecule has 1 aromatic carbocycles. The van der Waals surface area contributed by atoms with Crippen LogP contribution in [0.1, 0.15) is 31.9 Å². The van der Waals surface area contributed by atoms with Gasteiger partial charge in [0.05, 0.1) is 12.6 Å². The van der Waals surface area contributed by atoms with E-state index in [9.17, 15) is 4.79 Å². The van der Waals surface area contributed by atoms with Gasteiger partial charge in [0, 0.05) is 43.3 Å². The molecule has 1 aromatic heterocycles. The van der Waals surface area contributed by atoms with Crippen molar-refractivity contribution in [3.8, 4) is 0 Å². The third-order valence-corrected chi connectivity index (χ3v) is 5.55. The second kappa shape index (κ2) is 9.03. The first-order valence-corrected chi connectivity index (χ1v) is 10.4. The number of aromatic nitrogens is 1. The number of nitrogens with one attached hydrogen (secondary N) is 2. The number of para-hydroxylation sites is 1. The highest BCUT2D eigenvalue weighted by Crippen LogP contribution is 2.22. The van der Waals surface area contributed by atoms with Crippen molar-refractivity contribution in [1.82, 2.24) is 20.1 Å². The summed E-state index contributed by atoms with van der Waals surface area (Å²) in [5.41, 5.74) is 3.35. The lowest BCUT2D eigenvalue weighted by molar-refractivity contribution is 0.0137. The Kier molecular flexibility index (Phi) is 6.84. The molecule has 0 aliphatic carbocycles. The Morgan fingerprint density at radius 3 is 2.90 bits per heavy atom. The van der Waals surface area contributed by atoms with Gasteiger partial charge in [0.25, 0.3) is 0 Å². The first-order chi connectivity index (χ1) is 13.8. The third kappa shape index (κ3) is 4.84. The zero-order valence-electron chi connectivity index (χ0n) is 18.2. The molecule has 0 radical (unpaired) electrons. The first-order valence-electron chi connectivity index (χ1n) is 10.4. The van der Waals surface area contributed by atoms with E-state index in [-0.39, 0.29) is 36.1 Å². The second-order valence-corrected chi connectivity index (χ2v) is 8.93. The Morgan fingerprint density at radius 2 is 2.13 bits per heavy atom. The number of amides is 1. The van der Waals surface area contributed by atoms with Crippen molar-refractivity contribution in [2.45, 2.75) is 45.8 Å². The number of aryl methyl sites for hydroxylation is 1. The highest BCUT2D eigenvalue weighted by Gasteiger charge is 2.36. The lowest BCUT2D eigenvalue weighted by Gasteiger charge is -2.39. The molecular weight excluding hydrogens is 493 g/mol. The minimum absolute atomic E-state index is 0. The monoisotopic (exact) mass is 525 g/mol. The number of ether oxygens (including phenoxy) is 1. The van der Waals surface area contributed by atoms with E-state index in [0.29, 0.717) is 19.6 Å². The van der Waals surface area contributed by atoms with Gasteiger partial charge in [-0.2, -0.15) is 0 Å². The van der Waals surface area contributed by atoms with E-state index in [1.807, 2.05) is 20.8 Å². The summed E-state index contributed by atoms with van der Waals surface area (Å²) in [7, 11) is 0. The zero-order valence-corrected chi connectivity index (χ0v) is 20.5. The summed E-state index contributed by atoms with van der Waals surface area (Å²) < 4.78 is 5.51. The standard InChI is InChI=1S/C22H31N5O2.HI/c1-15-6-5-7-18-16(12-24-19(15)18)8-9-23-20-25-13-17-14-26(10-11-27(17)20)21(28)29-22(2,3)4;/h5-7,12,17,24H,8-11,13-14H2,1-4H3,(H,23,25);1H. The minimum Gasteiger partial charge on any atom is -0.444 e. The van der Waals surface area contributed by atoms with Crippen LogP contribution in [0.4, 0.5) is 4.79 Å². The number of nitrogens with zero attached hydrogens (tertiary/aromatic N) is 3. The van der Waals surface area contributed by atoms with E-state index in [1.54, 1.807) is 4.90 Å². The van der Waals surface area contributed by atoms with Gasteiger partial charge in [0.2, 0.25) is 0 Å². The van der Waals surface area contributed by atoms with Crippen molar-refractivity contribution < 1.29 is 9.53 Å². The molecule has 0 spiro atoms. The van der Waals surface area contributed by atoms with Crippen LogP contribution in [0.3, 0.4) is 0 Å². The van der Waals surface area contributed by atoms with Gasteiger partial charge in [0.1, 0.15) is 5.60 Å². The number of piperazine rings is 1. The van der Waals surface area contributed by atoms with Crippen LogP contribution in [0.25, 0.3) is 10.9 Å². The normalized spacial score (nSPS) is 18.7. The number of aromatic amines is 1. The number of guanidine groups is 1. The minimum atomic E-state index is -0.464. The van der Waals surface area contributed by atoms with Crippen molar-refractivity contribution in [2.75, 3.05) is 32.7 Å². The molecule has 2 N–H and O–H groups in total. The molecule has 1 fully saturated rings. The number of aliphatic imine (C=N–C) groups is 1. The Morgan fingerprint density at radius 1 is 1.33 bits per heavy atom. The summed E-state index contributed by atoms with van der Waals surface area (Å²) >= 11 is 0. The molecule has 7 nitrogen and oxygen atoms in total. The number of carbonyl (C=O) groups is 1. The Bertz CT molecular complexity index is 933. The Labute approximate surface area is 195 Å². The average Bonchev–Trinajstić information content (AvgIpc) is 3.25. The maximum atomic E-state index is 12.3. The summed E-state index contributed by atoms with van der Waals surface area (Å²) in [6.07, 6.45) is 2.82. The Hall–Kier alpha value is -1.97. The summed E-state index contributed by atoms with van der Waals surface area (Å²) in [4.78, 5) is 24.5. The van der Waals surface area contributed by atoms with Gasteiger partial charge in [-0.05, 0) is 45.2 Å². The molecule has 1 atom stereocenters. The second-order valence-electron chi connectivity index (χ2n) is 8.93. The van der Waals surface area contributed by atoms with E-state index in [4.69, 9.17) is 4.74 Å². The van der Waals surface area contributed by atoms with Gasteiger partial charge in [-0.1, -0.05) is 18.2 Å². The fourth-order valence-corrected chi connectivity index (χ4v) is 4.10. The molecule has 1 saturated heterocycles. The molecule has 164 valence electrons. The molecular formula is C22H32IN5O2. The predicted molar refractivity (Wildman–Crippen MR) is 131 cm³/mol. The van der Waals surface area contributed by atoms with Crippen molar-refractivity contribution >= 4 is 46.9 Å². The summed E-state index contributed by atoms with van der Waals surface area (Å²) in [5, 5.41) is 4.80. The van der Waals surface area contributed by atoms with Crippen LogP contribution in [0.15, 0.2) is 29.4 Å². The van der Waals surface area contributed by atoms with Crippen LogP contribution >= 0.6 is 24.0 Å². The van der Waals surface area contributed by atoms with Gasteiger partial charge < -0.3 is 24.8 Å². The number of hydrogen-bond acceptors (Lipinski definition) is 5. The molecule has 4 rings (SSSR count). The predicted octanol–water partition coefficient (Wildman–Crippen LogP) is 3.52. The van der Waals surface area contributed by atoms with E-state index < -0.39 is 5.60 Å². The smallest absolute Gasteiger partial charge is 0.410 e. The van der Waals surface area contributed by atoms with Gasteiger partial charge in [-0.25, -0.2) is 4.79 Å². The lowest BCUT2D eigenvalue weighted by atomic mass is 10.1. The molecule has 2 aromatic rings. The average molecular weight is 525 g/mol. The summed E-state index contributed by atoms with van der Waals surface area (Å²) in [6, 6.07) is 6.64. The fourth-order valence-electron chi connectivity index (χ4n) is 4.10. The number of benzene rings is 1. The summed E-state index contributed by atoms with van der Waals surface area (Å²) in [6.45, 7) is 11.5. The topological polar surface area (TPSA) is 73.0 Å².